The van der Waals surface area contributed by atoms with Gasteiger partial charge in [-0.2, -0.15) is 0 Å². The quantitative estimate of drug-likeness (QED) is 0.682. The van der Waals surface area contributed by atoms with Crippen molar-refractivity contribution in [1.29, 1.82) is 0 Å². The second kappa shape index (κ2) is 6.22. The summed E-state index contributed by atoms with van der Waals surface area (Å²) < 4.78 is 5.12. The topological polar surface area (TPSA) is 41.6 Å². The molecule has 1 fully saturated rings. The minimum Gasteiger partial charge on any atom is -0.379 e. The first kappa shape index (κ1) is 11.7. The predicted molar refractivity (Wildman–Crippen MR) is 48.1 cm³/mol. The summed E-state index contributed by atoms with van der Waals surface area (Å²) in [5, 5.41) is 1.90. The van der Waals surface area contributed by atoms with Crippen LogP contribution in [0.5, 0.6) is 0 Å². The van der Waals surface area contributed by atoms with Gasteiger partial charge in [-0.25, -0.2) is 5.01 Å². The molecule has 0 bridgehead atoms. The van der Waals surface area contributed by atoms with Gasteiger partial charge in [-0.05, 0) is 0 Å². The molecule has 0 saturated carbocycles. The van der Waals surface area contributed by atoms with Crippen LogP contribution in [0.3, 0.4) is 0 Å². The lowest BCUT2D eigenvalue weighted by Crippen LogP contribution is -2.48. The van der Waals surface area contributed by atoms with Gasteiger partial charge in [0.05, 0.1) is 13.2 Å². The Morgan fingerprint density at radius 3 is 2.58 bits per heavy atom. The van der Waals surface area contributed by atoms with Crippen molar-refractivity contribution in [3.05, 3.63) is 0 Å². The Bertz CT molecular complexity index is 137. The van der Waals surface area contributed by atoms with Crippen LogP contribution in [0.2, 0.25) is 0 Å². The Balaban J connectivity index is 0.00000121. The number of hydrogen-bond acceptors (Lipinski definition) is 3. The van der Waals surface area contributed by atoms with E-state index in [0.717, 1.165) is 13.1 Å². The van der Waals surface area contributed by atoms with Crippen LogP contribution in [0.4, 0.5) is 0 Å². The summed E-state index contributed by atoms with van der Waals surface area (Å²) in [6.07, 6.45) is 0.539. The molecule has 12 heavy (non-hydrogen) atoms. The Hall–Kier alpha value is -0.320. The van der Waals surface area contributed by atoms with Crippen molar-refractivity contribution in [3.8, 4) is 0 Å². The number of nitrogens with one attached hydrogen (secondary N) is 1. The first-order valence-corrected chi connectivity index (χ1v) is 3.95. The number of carbonyl (C=O) groups excluding carboxylic acids is 1. The van der Waals surface area contributed by atoms with Gasteiger partial charge in [0.1, 0.15) is 0 Å². The number of halogens is 1. The highest BCUT2D eigenvalue weighted by Gasteiger charge is 2.10. The molecule has 1 saturated heterocycles. The first-order chi connectivity index (χ1) is 5.33. The summed E-state index contributed by atoms with van der Waals surface area (Å²) in [5.74, 6) is 0.0758. The molecule has 0 aromatic heterocycles. The Morgan fingerprint density at radius 1 is 1.50 bits per heavy atom. The molecule has 0 radical (unpaired) electrons. The molecule has 0 spiro atoms. The largest absolute Gasteiger partial charge is 0.379 e. The molecule has 1 amide bonds. The van der Waals surface area contributed by atoms with Gasteiger partial charge in [-0.15, -0.1) is 12.4 Å². The molecule has 0 aromatic carbocycles. The molecule has 5 heteroatoms. The minimum absolute atomic E-state index is 0. The standard InChI is InChI=1S/C7H14N2O2.ClH/c1-2-7(10)8-9-3-5-11-6-4-9;/h2-6H2,1H3,(H,8,10);1H. The average Bonchev–Trinajstić information content (AvgIpc) is 2.06. The van der Waals surface area contributed by atoms with Gasteiger partial charge in [-0.1, -0.05) is 6.92 Å². The van der Waals surface area contributed by atoms with Gasteiger partial charge in [0.25, 0.3) is 0 Å². The summed E-state index contributed by atoms with van der Waals surface area (Å²) in [4.78, 5) is 10.9. The van der Waals surface area contributed by atoms with Crippen molar-refractivity contribution in [2.45, 2.75) is 13.3 Å². The van der Waals surface area contributed by atoms with E-state index in [1.54, 1.807) is 0 Å². The number of nitrogens with zero attached hydrogens (tertiary/aromatic N) is 1. The molecule has 1 rings (SSSR count). The highest BCUT2D eigenvalue weighted by atomic mass is 35.5. The van der Waals surface area contributed by atoms with Crippen LogP contribution >= 0.6 is 12.4 Å². The zero-order valence-corrected chi connectivity index (χ0v) is 8.02. The first-order valence-electron chi connectivity index (χ1n) is 3.95. The number of hydrazine groups is 1. The van der Waals surface area contributed by atoms with Crippen molar-refractivity contribution in [2.75, 3.05) is 26.3 Å². The predicted octanol–water partition coefficient (Wildman–Crippen LogP) is 0.182. The lowest BCUT2D eigenvalue weighted by Gasteiger charge is -2.26. The molecular formula is C7H15ClN2O2. The molecule has 0 aromatic rings. The Labute approximate surface area is 78.6 Å². The Kier molecular flexibility index (Phi) is 6.06. The third-order valence-electron chi connectivity index (χ3n) is 1.62. The molecule has 0 unspecified atom stereocenters. The number of carbonyl (C=O) groups is 1. The van der Waals surface area contributed by atoms with Crippen molar-refractivity contribution in [3.63, 3.8) is 0 Å². The zero-order valence-electron chi connectivity index (χ0n) is 7.21. The molecule has 1 aliphatic rings. The number of rotatable bonds is 2. The highest BCUT2D eigenvalue weighted by Crippen LogP contribution is 1.92. The van der Waals surface area contributed by atoms with E-state index in [2.05, 4.69) is 5.43 Å². The molecule has 1 N–H and O–H groups in total. The van der Waals surface area contributed by atoms with Gasteiger partial charge < -0.3 is 4.74 Å². The second-order valence-electron chi connectivity index (χ2n) is 2.49. The summed E-state index contributed by atoms with van der Waals surface area (Å²) in [5.41, 5.74) is 2.78. The highest BCUT2D eigenvalue weighted by molar-refractivity contribution is 5.85. The van der Waals surface area contributed by atoms with Gasteiger partial charge in [-0.3, -0.25) is 10.2 Å². The van der Waals surface area contributed by atoms with Crippen LogP contribution in [0.15, 0.2) is 0 Å². The zero-order chi connectivity index (χ0) is 8.10. The van der Waals surface area contributed by atoms with E-state index in [1.807, 2.05) is 11.9 Å². The van der Waals surface area contributed by atoms with E-state index in [9.17, 15) is 4.79 Å². The third-order valence-corrected chi connectivity index (χ3v) is 1.62. The number of hydrogen-bond donors (Lipinski definition) is 1. The molecule has 1 aliphatic heterocycles. The fraction of sp³-hybridized carbons (Fsp3) is 0.857. The van der Waals surface area contributed by atoms with Crippen LogP contribution in [0, 0.1) is 0 Å². The summed E-state index contributed by atoms with van der Waals surface area (Å²) >= 11 is 0. The molecule has 0 aliphatic carbocycles. The van der Waals surface area contributed by atoms with E-state index < -0.39 is 0 Å². The fourth-order valence-electron chi connectivity index (χ4n) is 0.931. The molecular weight excluding hydrogens is 180 g/mol. The van der Waals surface area contributed by atoms with Gasteiger partial charge >= 0.3 is 0 Å². The molecule has 1 heterocycles. The SMILES string of the molecule is CCC(=O)NN1CCOCC1.Cl. The fourth-order valence-corrected chi connectivity index (χ4v) is 0.931. The van der Waals surface area contributed by atoms with Crippen molar-refractivity contribution >= 4 is 18.3 Å². The lowest BCUT2D eigenvalue weighted by molar-refractivity contribution is -0.127. The maximum absolute atomic E-state index is 10.9. The van der Waals surface area contributed by atoms with Crippen LogP contribution in [0.1, 0.15) is 13.3 Å². The number of amides is 1. The molecule has 0 atom stereocenters. The summed E-state index contributed by atoms with van der Waals surface area (Å²) in [7, 11) is 0. The minimum atomic E-state index is 0. The number of ether oxygens (including phenoxy) is 1. The van der Waals surface area contributed by atoms with E-state index in [0.29, 0.717) is 19.6 Å². The number of morpholine rings is 1. The van der Waals surface area contributed by atoms with Crippen LogP contribution in [-0.2, 0) is 9.53 Å². The van der Waals surface area contributed by atoms with Crippen LogP contribution < -0.4 is 5.43 Å². The van der Waals surface area contributed by atoms with Crippen molar-refractivity contribution in [2.24, 2.45) is 0 Å². The molecule has 4 nitrogen and oxygen atoms in total. The van der Waals surface area contributed by atoms with E-state index >= 15 is 0 Å². The smallest absolute Gasteiger partial charge is 0.233 e. The van der Waals surface area contributed by atoms with Crippen LogP contribution in [0.25, 0.3) is 0 Å². The summed E-state index contributed by atoms with van der Waals surface area (Å²) in [6, 6.07) is 0. The second-order valence-corrected chi connectivity index (χ2v) is 2.49. The van der Waals surface area contributed by atoms with E-state index in [4.69, 9.17) is 4.74 Å². The monoisotopic (exact) mass is 194 g/mol. The maximum atomic E-state index is 10.9. The third kappa shape index (κ3) is 3.90. The van der Waals surface area contributed by atoms with Gasteiger partial charge in [0.15, 0.2) is 0 Å². The molecule has 72 valence electrons. The van der Waals surface area contributed by atoms with E-state index in [-0.39, 0.29) is 18.3 Å². The Morgan fingerprint density at radius 2 is 2.08 bits per heavy atom. The van der Waals surface area contributed by atoms with Crippen LogP contribution in [-0.4, -0.2) is 37.2 Å². The van der Waals surface area contributed by atoms with Gasteiger partial charge in [0.2, 0.25) is 5.91 Å². The normalized spacial score (nSPS) is 18.1. The maximum Gasteiger partial charge on any atom is 0.233 e. The lowest BCUT2D eigenvalue weighted by atomic mass is 10.4. The van der Waals surface area contributed by atoms with Gasteiger partial charge in [0, 0.05) is 19.5 Å². The summed E-state index contributed by atoms with van der Waals surface area (Å²) in [6.45, 7) is 4.86. The van der Waals surface area contributed by atoms with Crippen molar-refractivity contribution in [1.82, 2.24) is 10.4 Å². The van der Waals surface area contributed by atoms with Crippen molar-refractivity contribution < 1.29 is 9.53 Å². The average molecular weight is 195 g/mol. The van der Waals surface area contributed by atoms with E-state index in [1.165, 1.54) is 0 Å².